The minimum atomic E-state index is -0.710. The van der Waals surface area contributed by atoms with Crippen molar-refractivity contribution < 1.29 is 14.6 Å². The zero-order chi connectivity index (χ0) is 14.6. The summed E-state index contributed by atoms with van der Waals surface area (Å²) in [5.41, 5.74) is -0.710. The molecule has 2 aliphatic rings. The first kappa shape index (κ1) is 15.7. The molecule has 1 saturated heterocycles. The molecule has 5 nitrogen and oxygen atoms in total. The molecule has 0 radical (unpaired) electrons. The number of carboxylic acid groups (broad SMARTS) is 1. The van der Waals surface area contributed by atoms with E-state index in [1.165, 1.54) is 0 Å². The van der Waals surface area contributed by atoms with Crippen LogP contribution in [0.1, 0.15) is 46.0 Å². The van der Waals surface area contributed by atoms with Crippen LogP contribution in [0, 0.1) is 0 Å². The molecule has 1 heterocycles. The molecule has 0 amide bonds. The van der Waals surface area contributed by atoms with Gasteiger partial charge in [-0.15, -0.1) is 0 Å². The van der Waals surface area contributed by atoms with Gasteiger partial charge in [0, 0.05) is 19.2 Å². The number of carbonyl (C=O) groups is 1. The summed E-state index contributed by atoms with van der Waals surface area (Å²) in [7, 11) is 0. The molecule has 1 saturated carbocycles. The number of hydrogen-bond donors (Lipinski definition) is 2. The molecule has 0 aromatic rings. The lowest BCUT2D eigenvalue weighted by atomic mass is 9.96. The van der Waals surface area contributed by atoms with E-state index < -0.39 is 11.5 Å². The first-order valence-corrected chi connectivity index (χ1v) is 7.95. The first-order chi connectivity index (χ1) is 9.61. The Morgan fingerprint density at radius 3 is 2.90 bits per heavy atom. The van der Waals surface area contributed by atoms with Crippen molar-refractivity contribution in [1.29, 1.82) is 0 Å². The fourth-order valence-corrected chi connectivity index (χ4v) is 3.77. The molecule has 20 heavy (non-hydrogen) atoms. The number of aliphatic carboxylic acids is 1. The number of hydrogen-bond acceptors (Lipinski definition) is 4. The molecule has 0 bridgehead atoms. The number of nitrogens with one attached hydrogen (secondary N) is 1. The van der Waals surface area contributed by atoms with Gasteiger partial charge in [0.15, 0.2) is 0 Å². The molecule has 1 aliphatic heterocycles. The third-order valence-corrected chi connectivity index (χ3v) is 4.74. The Balaban J connectivity index is 1.95. The van der Waals surface area contributed by atoms with Gasteiger partial charge < -0.3 is 15.2 Å². The van der Waals surface area contributed by atoms with Crippen LogP contribution in [0.4, 0.5) is 0 Å². The van der Waals surface area contributed by atoms with Crippen molar-refractivity contribution in [3.63, 3.8) is 0 Å². The van der Waals surface area contributed by atoms with Crippen molar-refractivity contribution in [1.82, 2.24) is 10.2 Å². The second-order valence-electron chi connectivity index (χ2n) is 6.03. The summed E-state index contributed by atoms with van der Waals surface area (Å²) in [4.78, 5) is 14.1. The zero-order valence-corrected chi connectivity index (χ0v) is 12.7. The number of carboxylic acids is 1. The van der Waals surface area contributed by atoms with Gasteiger partial charge in [-0.2, -0.15) is 0 Å². The van der Waals surface area contributed by atoms with E-state index in [-0.39, 0.29) is 0 Å². The fourth-order valence-electron chi connectivity index (χ4n) is 3.77. The predicted molar refractivity (Wildman–Crippen MR) is 77.9 cm³/mol. The fraction of sp³-hybridized carbons (Fsp3) is 0.933. The number of likely N-dealkylation sites (N-methyl/N-ethyl adjacent to an activating group) is 1. The van der Waals surface area contributed by atoms with E-state index in [1.54, 1.807) is 0 Å². The van der Waals surface area contributed by atoms with Gasteiger partial charge >= 0.3 is 5.97 Å². The predicted octanol–water partition coefficient (Wildman–Crippen LogP) is 1.47. The minimum absolute atomic E-state index is 0.327. The second-order valence-corrected chi connectivity index (χ2v) is 6.03. The van der Waals surface area contributed by atoms with Crippen LogP contribution < -0.4 is 5.32 Å². The molecule has 3 unspecified atom stereocenters. The SMILES string of the molecule is CCNC1(C(=O)O)CCC(N2CCCC(OCC)C2)C1. The van der Waals surface area contributed by atoms with Crippen molar-refractivity contribution >= 4 is 5.97 Å². The molecule has 0 aromatic carbocycles. The van der Waals surface area contributed by atoms with Crippen molar-refractivity contribution in [2.45, 2.75) is 63.6 Å². The Morgan fingerprint density at radius 1 is 1.45 bits per heavy atom. The van der Waals surface area contributed by atoms with E-state index >= 15 is 0 Å². The molecule has 0 spiro atoms. The van der Waals surface area contributed by atoms with Crippen molar-refractivity contribution in [3.05, 3.63) is 0 Å². The molecular formula is C15H28N2O3. The third-order valence-electron chi connectivity index (χ3n) is 4.74. The van der Waals surface area contributed by atoms with Gasteiger partial charge in [0.1, 0.15) is 5.54 Å². The number of likely N-dealkylation sites (tertiary alicyclic amines) is 1. The summed E-state index contributed by atoms with van der Waals surface area (Å²) < 4.78 is 5.75. The topological polar surface area (TPSA) is 61.8 Å². The number of ether oxygens (including phenoxy) is 1. The Labute approximate surface area is 121 Å². The second kappa shape index (κ2) is 6.87. The largest absolute Gasteiger partial charge is 0.480 e. The number of rotatable bonds is 6. The lowest BCUT2D eigenvalue weighted by Gasteiger charge is -2.37. The summed E-state index contributed by atoms with van der Waals surface area (Å²) in [5, 5.41) is 12.7. The van der Waals surface area contributed by atoms with Crippen LogP contribution in [0.2, 0.25) is 0 Å². The molecule has 1 aliphatic carbocycles. The van der Waals surface area contributed by atoms with Crippen LogP contribution in [0.3, 0.4) is 0 Å². The highest BCUT2D eigenvalue weighted by Gasteiger charge is 2.46. The molecule has 3 atom stereocenters. The highest BCUT2D eigenvalue weighted by atomic mass is 16.5. The van der Waals surface area contributed by atoms with Gasteiger partial charge in [0.2, 0.25) is 0 Å². The van der Waals surface area contributed by atoms with E-state index in [1.807, 2.05) is 13.8 Å². The normalized spacial score (nSPS) is 35.3. The van der Waals surface area contributed by atoms with Gasteiger partial charge in [0.05, 0.1) is 6.10 Å². The summed E-state index contributed by atoms with van der Waals surface area (Å²) in [6.45, 7) is 7.52. The number of nitrogens with zero attached hydrogens (tertiary/aromatic N) is 1. The Morgan fingerprint density at radius 2 is 2.25 bits per heavy atom. The van der Waals surface area contributed by atoms with Crippen LogP contribution in [0.5, 0.6) is 0 Å². The van der Waals surface area contributed by atoms with E-state index in [2.05, 4.69) is 10.2 Å². The van der Waals surface area contributed by atoms with Crippen LogP contribution in [0.15, 0.2) is 0 Å². The Kier molecular flexibility index (Phi) is 5.41. The zero-order valence-electron chi connectivity index (χ0n) is 12.7. The summed E-state index contributed by atoms with van der Waals surface area (Å²) in [6, 6.07) is 0.383. The third kappa shape index (κ3) is 3.32. The molecular weight excluding hydrogens is 256 g/mol. The van der Waals surface area contributed by atoms with Gasteiger partial charge in [-0.1, -0.05) is 6.92 Å². The van der Waals surface area contributed by atoms with Gasteiger partial charge in [-0.3, -0.25) is 9.69 Å². The van der Waals surface area contributed by atoms with Crippen molar-refractivity contribution in [3.8, 4) is 0 Å². The summed E-state index contributed by atoms with van der Waals surface area (Å²) in [5.74, 6) is -0.694. The van der Waals surface area contributed by atoms with Crippen molar-refractivity contribution in [2.24, 2.45) is 0 Å². The molecule has 116 valence electrons. The molecule has 2 fully saturated rings. The van der Waals surface area contributed by atoms with E-state index in [4.69, 9.17) is 4.74 Å². The maximum absolute atomic E-state index is 11.6. The number of piperidine rings is 1. The van der Waals surface area contributed by atoms with Crippen LogP contribution in [-0.4, -0.2) is 59.9 Å². The van der Waals surface area contributed by atoms with Crippen molar-refractivity contribution in [2.75, 3.05) is 26.2 Å². The summed E-state index contributed by atoms with van der Waals surface area (Å²) >= 11 is 0. The van der Waals surface area contributed by atoms with E-state index in [0.717, 1.165) is 51.8 Å². The Hall–Kier alpha value is -0.650. The van der Waals surface area contributed by atoms with E-state index in [0.29, 0.717) is 18.7 Å². The molecule has 2 rings (SSSR count). The minimum Gasteiger partial charge on any atom is -0.480 e. The van der Waals surface area contributed by atoms with Crippen LogP contribution >= 0.6 is 0 Å². The quantitative estimate of drug-likeness (QED) is 0.773. The van der Waals surface area contributed by atoms with Crippen LogP contribution in [-0.2, 0) is 9.53 Å². The average Bonchev–Trinajstić information content (AvgIpc) is 2.86. The maximum Gasteiger partial charge on any atom is 0.323 e. The maximum atomic E-state index is 11.6. The average molecular weight is 284 g/mol. The first-order valence-electron chi connectivity index (χ1n) is 7.95. The molecule has 0 aromatic heterocycles. The van der Waals surface area contributed by atoms with E-state index in [9.17, 15) is 9.90 Å². The van der Waals surface area contributed by atoms with Gasteiger partial charge in [-0.25, -0.2) is 0 Å². The lowest BCUT2D eigenvalue weighted by molar-refractivity contribution is -0.144. The standard InChI is InChI=1S/C15H28N2O3/c1-3-16-15(14(18)19)8-7-12(10-15)17-9-5-6-13(11-17)20-4-2/h12-13,16H,3-11H2,1-2H3,(H,18,19). The van der Waals surface area contributed by atoms with Crippen LogP contribution in [0.25, 0.3) is 0 Å². The monoisotopic (exact) mass is 284 g/mol. The lowest BCUT2D eigenvalue weighted by Crippen LogP contribution is -2.52. The highest BCUT2D eigenvalue weighted by molar-refractivity contribution is 5.79. The molecule has 5 heteroatoms. The molecule has 2 N–H and O–H groups in total. The highest BCUT2D eigenvalue weighted by Crippen LogP contribution is 2.34. The smallest absolute Gasteiger partial charge is 0.323 e. The summed E-state index contributed by atoms with van der Waals surface area (Å²) in [6.07, 6.45) is 5.04. The van der Waals surface area contributed by atoms with Gasteiger partial charge in [-0.05, 0) is 52.1 Å². The Bertz CT molecular complexity index is 335. The van der Waals surface area contributed by atoms with Gasteiger partial charge in [0.25, 0.3) is 0 Å².